The standard InChI is InChI=1S/C11H20N2O2S/c1-5-11(3,8-12)10(14)13-7-6-9(2)16(4)15/h9H,5-7H2,1-4H3,(H,13,14). The van der Waals surface area contributed by atoms with Gasteiger partial charge in [-0.3, -0.25) is 9.00 Å². The molecule has 0 aromatic heterocycles. The maximum atomic E-state index is 11.7. The van der Waals surface area contributed by atoms with Crippen LogP contribution >= 0.6 is 0 Å². The number of nitrogens with one attached hydrogen (secondary N) is 1. The first kappa shape index (κ1) is 15.1. The van der Waals surface area contributed by atoms with Crippen LogP contribution in [0, 0.1) is 16.7 Å². The quantitative estimate of drug-likeness (QED) is 0.763. The van der Waals surface area contributed by atoms with Crippen LogP contribution in [0.5, 0.6) is 0 Å². The van der Waals surface area contributed by atoms with Crippen molar-refractivity contribution in [1.29, 1.82) is 5.26 Å². The Morgan fingerprint density at radius 3 is 2.56 bits per heavy atom. The summed E-state index contributed by atoms with van der Waals surface area (Å²) in [6.45, 7) is 5.79. The Morgan fingerprint density at radius 2 is 2.19 bits per heavy atom. The smallest absolute Gasteiger partial charge is 0.240 e. The van der Waals surface area contributed by atoms with Crippen molar-refractivity contribution in [2.75, 3.05) is 12.8 Å². The molecule has 0 heterocycles. The molecule has 92 valence electrons. The van der Waals surface area contributed by atoms with E-state index in [2.05, 4.69) is 5.32 Å². The van der Waals surface area contributed by atoms with E-state index >= 15 is 0 Å². The van der Waals surface area contributed by atoms with Gasteiger partial charge >= 0.3 is 0 Å². The van der Waals surface area contributed by atoms with E-state index < -0.39 is 16.2 Å². The van der Waals surface area contributed by atoms with Crippen molar-refractivity contribution < 1.29 is 9.00 Å². The second-order valence-electron chi connectivity index (χ2n) is 4.15. The summed E-state index contributed by atoms with van der Waals surface area (Å²) in [7, 11) is -0.866. The Kier molecular flexibility index (Phi) is 6.27. The van der Waals surface area contributed by atoms with Gasteiger partial charge < -0.3 is 5.32 Å². The Labute approximate surface area is 99.9 Å². The lowest BCUT2D eigenvalue weighted by molar-refractivity contribution is -0.127. The van der Waals surface area contributed by atoms with E-state index in [1.807, 2.05) is 19.9 Å². The molecule has 0 spiro atoms. The van der Waals surface area contributed by atoms with Crippen LogP contribution in [0.25, 0.3) is 0 Å². The van der Waals surface area contributed by atoms with Crippen LogP contribution in [0.2, 0.25) is 0 Å². The third kappa shape index (κ3) is 4.31. The van der Waals surface area contributed by atoms with Crippen molar-refractivity contribution in [2.45, 2.75) is 38.9 Å². The Bertz CT molecular complexity index is 312. The predicted molar refractivity (Wildman–Crippen MR) is 65.2 cm³/mol. The highest BCUT2D eigenvalue weighted by Crippen LogP contribution is 2.19. The molecule has 1 amide bonds. The van der Waals surface area contributed by atoms with E-state index in [-0.39, 0.29) is 11.2 Å². The van der Waals surface area contributed by atoms with E-state index in [9.17, 15) is 9.00 Å². The van der Waals surface area contributed by atoms with Gasteiger partial charge in [0.25, 0.3) is 0 Å². The molecule has 0 fully saturated rings. The molecule has 0 aliphatic heterocycles. The molecule has 3 atom stereocenters. The van der Waals surface area contributed by atoms with Crippen molar-refractivity contribution in [3.63, 3.8) is 0 Å². The fraction of sp³-hybridized carbons (Fsp3) is 0.818. The zero-order chi connectivity index (χ0) is 12.8. The molecule has 0 saturated heterocycles. The van der Waals surface area contributed by atoms with Crippen LogP contribution < -0.4 is 5.32 Å². The summed E-state index contributed by atoms with van der Waals surface area (Å²) in [4.78, 5) is 11.7. The van der Waals surface area contributed by atoms with E-state index in [0.29, 0.717) is 19.4 Å². The average molecular weight is 244 g/mol. The minimum Gasteiger partial charge on any atom is -0.355 e. The van der Waals surface area contributed by atoms with Gasteiger partial charge in [0.05, 0.1) is 6.07 Å². The molecule has 0 saturated carbocycles. The van der Waals surface area contributed by atoms with E-state index in [0.717, 1.165) is 0 Å². The van der Waals surface area contributed by atoms with E-state index in [1.165, 1.54) is 0 Å². The number of carbonyl (C=O) groups is 1. The van der Waals surface area contributed by atoms with Crippen LogP contribution in [0.4, 0.5) is 0 Å². The zero-order valence-corrected chi connectivity index (χ0v) is 11.2. The number of nitrogens with zero attached hydrogens (tertiary/aromatic N) is 1. The Hall–Kier alpha value is -0.890. The Balaban J connectivity index is 4.10. The highest BCUT2D eigenvalue weighted by molar-refractivity contribution is 7.84. The van der Waals surface area contributed by atoms with E-state index in [1.54, 1.807) is 13.2 Å². The molecule has 4 nitrogen and oxygen atoms in total. The molecule has 0 bridgehead atoms. The van der Waals surface area contributed by atoms with Crippen LogP contribution in [-0.4, -0.2) is 28.2 Å². The third-order valence-electron chi connectivity index (χ3n) is 2.86. The number of hydrogen-bond acceptors (Lipinski definition) is 3. The highest BCUT2D eigenvalue weighted by atomic mass is 32.2. The number of amides is 1. The summed E-state index contributed by atoms with van der Waals surface area (Å²) in [5.41, 5.74) is -0.950. The topological polar surface area (TPSA) is 70.0 Å². The maximum Gasteiger partial charge on any atom is 0.240 e. The molecule has 0 aromatic carbocycles. The molecule has 5 heteroatoms. The molecule has 3 unspecified atom stereocenters. The van der Waals surface area contributed by atoms with Crippen molar-refractivity contribution in [3.8, 4) is 6.07 Å². The molecule has 0 rings (SSSR count). The molecule has 0 aromatic rings. The van der Waals surface area contributed by atoms with Crippen molar-refractivity contribution in [2.24, 2.45) is 5.41 Å². The first-order chi connectivity index (χ1) is 7.37. The summed E-state index contributed by atoms with van der Waals surface area (Å²) in [5, 5.41) is 11.7. The number of hydrogen-bond donors (Lipinski definition) is 1. The Morgan fingerprint density at radius 1 is 1.62 bits per heavy atom. The van der Waals surface area contributed by atoms with Gasteiger partial charge in [-0.2, -0.15) is 5.26 Å². The average Bonchev–Trinajstić information content (AvgIpc) is 2.27. The van der Waals surface area contributed by atoms with Gasteiger partial charge in [-0.1, -0.05) is 13.8 Å². The number of nitriles is 1. The van der Waals surface area contributed by atoms with Crippen molar-refractivity contribution >= 4 is 16.7 Å². The third-order valence-corrected chi connectivity index (χ3v) is 4.23. The molecular weight excluding hydrogens is 224 g/mol. The maximum absolute atomic E-state index is 11.7. The molecule has 0 aliphatic carbocycles. The normalized spacial score (nSPS) is 17.9. The van der Waals surface area contributed by atoms with Crippen LogP contribution in [0.1, 0.15) is 33.6 Å². The lowest BCUT2D eigenvalue weighted by Crippen LogP contribution is -2.38. The minimum atomic E-state index is -0.950. The number of carbonyl (C=O) groups excluding carboxylic acids is 1. The predicted octanol–water partition coefficient (Wildman–Crippen LogP) is 1.20. The summed E-state index contributed by atoms with van der Waals surface area (Å²) in [6, 6.07) is 2.02. The summed E-state index contributed by atoms with van der Waals surface area (Å²) < 4.78 is 11.1. The fourth-order valence-electron chi connectivity index (χ4n) is 1.04. The van der Waals surface area contributed by atoms with Crippen LogP contribution in [0.3, 0.4) is 0 Å². The molecule has 1 N–H and O–H groups in total. The molecular formula is C11H20N2O2S. The van der Waals surface area contributed by atoms with Gasteiger partial charge in [-0.05, 0) is 19.8 Å². The van der Waals surface area contributed by atoms with Crippen molar-refractivity contribution in [3.05, 3.63) is 0 Å². The molecule has 16 heavy (non-hydrogen) atoms. The first-order valence-electron chi connectivity index (χ1n) is 5.39. The second-order valence-corrected chi connectivity index (χ2v) is 5.95. The second kappa shape index (κ2) is 6.64. The SMILES string of the molecule is CCC(C)(C#N)C(=O)NCCC(C)S(C)=O. The summed E-state index contributed by atoms with van der Waals surface area (Å²) in [5.74, 6) is -0.244. The summed E-state index contributed by atoms with van der Waals surface area (Å²) in [6.07, 6.45) is 2.81. The van der Waals surface area contributed by atoms with Gasteiger partial charge in [0, 0.05) is 28.9 Å². The van der Waals surface area contributed by atoms with Crippen LogP contribution in [0.15, 0.2) is 0 Å². The molecule has 0 aliphatic rings. The van der Waals surface area contributed by atoms with Gasteiger partial charge in [0.1, 0.15) is 5.41 Å². The zero-order valence-electron chi connectivity index (χ0n) is 10.4. The first-order valence-corrected chi connectivity index (χ1v) is 7.01. The largest absolute Gasteiger partial charge is 0.355 e. The monoisotopic (exact) mass is 244 g/mol. The van der Waals surface area contributed by atoms with E-state index in [4.69, 9.17) is 5.26 Å². The lowest BCUT2D eigenvalue weighted by Gasteiger charge is -2.19. The highest BCUT2D eigenvalue weighted by Gasteiger charge is 2.30. The van der Waals surface area contributed by atoms with Gasteiger partial charge in [0.15, 0.2) is 0 Å². The van der Waals surface area contributed by atoms with Gasteiger partial charge in [-0.25, -0.2) is 0 Å². The summed E-state index contributed by atoms with van der Waals surface area (Å²) >= 11 is 0. The fourth-order valence-corrected chi connectivity index (χ4v) is 1.49. The van der Waals surface area contributed by atoms with Gasteiger partial charge in [-0.15, -0.1) is 0 Å². The molecule has 0 radical (unpaired) electrons. The number of rotatable bonds is 6. The minimum absolute atomic E-state index is 0.0651. The lowest BCUT2D eigenvalue weighted by atomic mass is 9.88. The van der Waals surface area contributed by atoms with Crippen molar-refractivity contribution in [1.82, 2.24) is 5.32 Å². The van der Waals surface area contributed by atoms with Gasteiger partial charge in [0.2, 0.25) is 5.91 Å². The van der Waals surface area contributed by atoms with Crippen LogP contribution in [-0.2, 0) is 15.6 Å².